The summed E-state index contributed by atoms with van der Waals surface area (Å²) in [6, 6.07) is 9.64. The van der Waals surface area contributed by atoms with Crippen LogP contribution in [0.2, 0.25) is 0 Å². The summed E-state index contributed by atoms with van der Waals surface area (Å²) in [7, 11) is 0. The van der Waals surface area contributed by atoms with E-state index in [9.17, 15) is 4.79 Å². The van der Waals surface area contributed by atoms with Crippen molar-refractivity contribution in [3.05, 3.63) is 63.5 Å². The molecule has 0 N–H and O–H groups in total. The largest absolute Gasteiger partial charge is 0.402 e. The van der Waals surface area contributed by atoms with E-state index in [0.29, 0.717) is 11.6 Å². The van der Waals surface area contributed by atoms with Gasteiger partial charge in [-0.05, 0) is 47.0 Å². The Morgan fingerprint density at radius 3 is 2.84 bits per heavy atom. The van der Waals surface area contributed by atoms with Crippen LogP contribution in [0.25, 0.3) is 6.08 Å². The van der Waals surface area contributed by atoms with Crippen molar-refractivity contribution in [2.24, 2.45) is 4.99 Å². The van der Waals surface area contributed by atoms with Crippen LogP contribution in [0, 0.1) is 6.92 Å². The Morgan fingerprint density at radius 2 is 2.11 bits per heavy atom. The topological polar surface area (TPSA) is 38.7 Å². The first-order valence-electron chi connectivity index (χ1n) is 5.85. The molecule has 3 nitrogen and oxygen atoms in total. The summed E-state index contributed by atoms with van der Waals surface area (Å²) in [5, 5.41) is 3.92. The molecule has 1 aliphatic heterocycles. The predicted octanol–water partition coefficient (Wildman–Crippen LogP) is 3.40. The molecule has 1 aromatic heterocycles. The second-order valence-electron chi connectivity index (χ2n) is 4.21. The lowest BCUT2D eigenvalue weighted by molar-refractivity contribution is -0.129. The van der Waals surface area contributed by atoms with Gasteiger partial charge in [0, 0.05) is 5.56 Å². The molecular weight excluding hydrogens is 258 g/mol. The van der Waals surface area contributed by atoms with Crippen molar-refractivity contribution < 1.29 is 9.53 Å². The highest BCUT2D eigenvalue weighted by molar-refractivity contribution is 7.08. The predicted molar refractivity (Wildman–Crippen MR) is 76.1 cm³/mol. The van der Waals surface area contributed by atoms with Gasteiger partial charge in [-0.1, -0.05) is 18.2 Å². The van der Waals surface area contributed by atoms with Crippen molar-refractivity contribution in [1.82, 2.24) is 0 Å². The summed E-state index contributed by atoms with van der Waals surface area (Å²) in [6.07, 6.45) is 1.74. The van der Waals surface area contributed by atoms with Gasteiger partial charge in [0.2, 0.25) is 5.90 Å². The lowest BCUT2D eigenvalue weighted by Crippen LogP contribution is -2.06. The third kappa shape index (κ3) is 2.35. The Hall–Kier alpha value is -2.20. The maximum absolute atomic E-state index is 11.8. The van der Waals surface area contributed by atoms with Crippen molar-refractivity contribution in [3.63, 3.8) is 0 Å². The molecule has 19 heavy (non-hydrogen) atoms. The minimum absolute atomic E-state index is 0.344. The third-order valence-electron chi connectivity index (χ3n) is 2.84. The van der Waals surface area contributed by atoms with Crippen molar-refractivity contribution in [3.8, 4) is 0 Å². The quantitative estimate of drug-likeness (QED) is 0.619. The van der Waals surface area contributed by atoms with E-state index in [1.165, 1.54) is 0 Å². The summed E-state index contributed by atoms with van der Waals surface area (Å²) in [4.78, 5) is 16.1. The van der Waals surface area contributed by atoms with Crippen LogP contribution in [0.15, 0.2) is 51.8 Å². The molecule has 4 heteroatoms. The van der Waals surface area contributed by atoms with E-state index in [1.807, 2.05) is 48.0 Å². The van der Waals surface area contributed by atoms with E-state index in [4.69, 9.17) is 4.74 Å². The average Bonchev–Trinajstić information content (AvgIpc) is 3.02. The number of aliphatic imine (C=N–C) groups is 1. The molecule has 0 saturated carbocycles. The molecule has 94 valence electrons. The molecule has 0 radical (unpaired) electrons. The number of aryl methyl sites for hydroxylation is 1. The fourth-order valence-corrected chi connectivity index (χ4v) is 2.47. The van der Waals surface area contributed by atoms with E-state index in [-0.39, 0.29) is 0 Å². The highest BCUT2D eigenvalue weighted by Crippen LogP contribution is 2.21. The molecule has 0 fully saturated rings. The number of esters is 1. The number of benzene rings is 1. The number of ether oxygens (including phenoxy) is 1. The number of cyclic esters (lactones) is 1. The smallest absolute Gasteiger partial charge is 0.363 e. The van der Waals surface area contributed by atoms with Gasteiger partial charge in [-0.2, -0.15) is 11.3 Å². The molecule has 1 aliphatic rings. The molecule has 3 rings (SSSR count). The standard InChI is InChI=1S/C15H11NO2S/c1-10-4-2-3-5-12(10)14-16-13(15(17)18-14)8-11-6-7-19-9-11/h2-9H,1H3/b13-8-. The number of thiophene rings is 1. The lowest BCUT2D eigenvalue weighted by Gasteiger charge is -2.02. The van der Waals surface area contributed by atoms with Crippen LogP contribution >= 0.6 is 11.3 Å². The Bertz CT molecular complexity index is 684. The molecular formula is C15H11NO2S. The summed E-state index contributed by atoms with van der Waals surface area (Å²) >= 11 is 1.58. The monoisotopic (exact) mass is 269 g/mol. The van der Waals surface area contributed by atoms with E-state index >= 15 is 0 Å². The van der Waals surface area contributed by atoms with Gasteiger partial charge in [-0.25, -0.2) is 9.79 Å². The Labute approximate surface area is 114 Å². The molecule has 0 bridgehead atoms. The number of nitrogens with zero attached hydrogens (tertiary/aromatic N) is 1. The Balaban J connectivity index is 1.98. The molecule has 0 unspecified atom stereocenters. The van der Waals surface area contributed by atoms with Gasteiger partial charge in [-0.15, -0.1) is 0 Å². The Kier molecular flexibility index (Phi) is 3.01. The van der Waals surface area contributed by atoms with Crippen molar-refractivity contribution >= 4 is 29.3 Å². The van der Waals surface area contributed by atoms with Crippen LogP contribution in [-0.2, 0) is 9.53 Å². The zero-order chi connectivity index (χ0) is 13.2. The maximum atomic E-state index is 11.8. The molecule has 0 saturated heterocycles. The first-order chi connectivity index (χ1) is 9.24. The fraction of sp³-hybridized carbons (Fsp3) is 0.0667. The summed E-state index contributed by atoms with van der Waals surface area (Å²) in [5.74, 6) is -0.0194. The van der Waals surface area contributed by atoms with Gasteiger partial charge in [0.15, 0.2) is 5.70 Å². The molecule has 2 aromatic rings. The Morgan fingerprint density at radius 1 is 1.26 bits per heavy atom. The highest BCUT2D eigenvalue weighted by Gasteiger charge is 2.24. The van der Waals surface area contributed by atoms with Crippen molar-refractivity contribution in [2.75, 3.05) is 0 Å². The number of rotatable bonds is 2. The van der Waals surface area contributed by atoms with Crippen LogP contribution < -0.4 is 0 Å². The van der Waals surface area contributed by atoms with Gasteiger partial charge < -0.3 is 4.74 Å². The van der Waals surface area contributed by atoms with Crippen molar-refractivity contribution in [1.29, 1.82) is 0 Å². The maximum Gasteiger partial charge on any atom is 0.363 e. The minimum Gasteiger partial charge on any atom is -0.402 e. The van der Waals surface area contributed by atoms with E-state index in [2.05, 4.69) is 4.99 Å². The van der Waals surface area contributed by atoms with E-state index in [0.717, 1.165) is 16.7 Å². The van der Waals surface area contributed by atoms with Gasteiger partial charge in [0.05, 0.1) is 0 Å². The summed E-state index contributed by atoms with van der Waals surface area (Å²) < 4.78 is 5.24. The van der Waals surface area contributed by atoms with Crippen molar-refractivity contribution in [2.45, 2.75) is 6.92 Å². The zero-order valence-electron chi connectivity index (χ0n) is 10.3. The van der Waals surface area contributed by atoms with Crippen LogP contribution in [-0.4, -0.2) is 11.9 Å². The fourth-order valence-electron chi connectivity index (χ4n) is 1.85. The molecule has 0 amide bonds. The van der Waals surface area contributed by atoms with Gasteiger partial charge in [-0.3, -0.25) is 0 Å². The lowest BCUT2D eigenvalue weighted by atomic mass is 10.1. The van der Waals surface area contributed by atoms with Gasteiger partial charge >= 0.3 is 5.97 Å². The highest BCUT2D eigenvalue weighted by atomic mass is 32.1. The molecule has 0 atom stereocenters. The summed E-state index contributed by atoms with van der Waals surface area (Å²) in [6.45, 7) is 1.96. The SMILES string of the molecule is Cc1ccccc1C1=N/C(=C\c2ccsc2)C(=O)O1. The van der Waals surface area contributed by atoms with Gasteiger partial charge in [0.1, 0.15) is 0 Å². The number of carbonyl (C=O) groups excluding carboxylic acids is 1. The normalized spacial score (nSPS) is 16.6. The number of carbonyl (C=O) groups is 1. The number of hydrogen-bond acceptors (Lipinski definition) is 4. The van der Waals surface area contributed by atoms with Crippen LogP contribution in [0.1, 0.15) is 16.7 Å². The van der Waals surface area contributed by atoms with E-state index in [1.54, 1.807) is 17.4 Å². The second kappa shape index (κ2) is 4.82. The van der Waals surface area contributed by atoms with E-state index < -0.39 is 5.97 Å². The van der Waals surface area contributed by atoms with Crippen LogP contribution in [0.5, 0.6) is 0 Å². The second-order valence-corrected chi connectivity index (χ2v) is 4.99. The minimum atomic E-state index is -0.399. The zero-order valence-corrected chi connectivity index (χ0v) is 11.1. The summed E-state index contributed by atoms with van der Waals surface area (Å²) in [5.41, 5.74) is 3.19. The first kappa shape index (κ1) is 11.9. The third-order valence-corrected chi connectivity index (χ3v) is 3.54. The van der Waals surface area contributed by atoms with Crippen LogP contribution in [0.4, 0.5) is 0 Å². The molecule has 1 aromatic carbocycles. The number of hydrogen-bond donors (Lipinski definition) is 0. The van der Waals surface area contributed by atoms with Gasteiger partial charge in [0.25, 0.3) is 0 Å². The average molecular weight is 269 g/mol. The molecule has 0 spiro atoms. The first-order valence-corrected chi connectivity index (χ1v) is 6.79. The molecule has 0 aliphatic carbocycles. The van der Waals surface area contributed by atoms with Crippen LogP contribution in [0.3, 0.4) is 0 Å². The molecule has 2 heterocycles.